The van der Waals surface area contributed by atoms with E-state index in [-0.39, 0.29) is 11.8 Å². The van der Waals surface area contributed by atoms with Gasteiger partial charge in [-0.2, -0.15) is 0 Å². The largest absolute Gasteiger partial charge is 0.260 e. The Bertz CT molecular complexity index is 389. The summed E-state index contributed by atoms with van der Waals surface area (Å²) < 4.78 is 25.5. The van der Waals surface area contributed by atoms with Crippen LogP contribution in [0.15, 0.2) is 24.4 Å². The number of hydrogen-bond acceptors (Lipinski definition) is 3. The van der Waals surface area contributed by atoms with Crippen molar-refractivity contribution in [2.24, 2.45) is 0 Å². The van der Waals surface area contributed by atoms with E-state index in [1.165, 1.54) is 0 Å². The number of rotatable bonds is 5. The van der Waals surface area contributed by atoms with Crippen LogP contribution in [0.3, 0.4) is 0 Å². The molecule has 4 nitrogen and oxygen atoms in total. The van der Waals surface area contributed by atoms with Crippen molar-refractivity contribution in [2.75, 3.05) is 5.75 Å². The Hall–Kier alpha value is -0.940. The predicted molar refractivity (Wildman–Crippen MR) is 59.9 cm³/mol. The summed E-state index contributed by atoms with van der Waals surface area (Å²) >= 11 is 0. The molecule has 0 aliphatic carbocycles. The summed E-state index contributed by atoms with van der Waals surface area (Å²) in [5.74, 6) is 0.157. The highest BCUT2D eigenvalue weighted by atomic mass is 32.2. The van der Waals surface area contributed by atoms with Crippen molar-refractivity contribution in [1.82, 2.24) is 9.71 Å². The molecule has 0 radical (unpaired) electrons. The normalized spacial score (nSPS) is 13.7. The van der Waals surface area contributed by atoms with Crippen LogP contribution in [-0.2, 0) is 10.0 Å². The maximum absolute atomic E-state index is 11.5. The molecule has 0 spiro atoms. The molecule has 0 saturated carbocycles. The van der Waals surface area contributed by atoms with Crippen LogP contribution in [0.5, 0.6) is 0 Å². The summed E-state index contributed by atoms with van der Waals surface area (Å²) in [6.07, 6.45) is 2.27. The molecule has 0 aromatic carbocycles. The molecule has 0 aliphatic rings. The standard InChI is InChI=1S/C10H16N2O2S/c1-3-8-15(13,14)12-9(2)10-6-4-5-7-11-10/h4-7,9,12H,3,8H2,1-2H3/t9-/m1/s1. The van der Waals surface area contributed by atoms with E-state index in [1.54, 1.807) is 25.3 Å². The molecule has 0 saturated heterocycles. The van der Waals surface area contributed by atoms with Crippen molar-refractivity contribution in [2.45, 2.75) is 26.3 Å². The van der Waals surface area contributed by atoms with Gasteiger partial charge in [0.1, 0.15) is 0 Å². The summed E-state index contributed by atoms with van der Waals surface area (Å²) in [6.45, 7) is 3.63. The third kappa shape index (κ3) is 3.97. The van der Waals surface area contributed by atoms with Crippen molar-refractivity contribution < 1.29 is 8.42 Å². The molecule has 0 bridgehead atoms. The first-order chi connectivity index (χ1) is 7.05. The molecule has 1 atom stereocenters. The van der Waals surface area contributed by atoms with Gasteiger partial charge in [-0.05, 0) is 25.5 Å². The van der Waals surface area contributed by atoms with Gasteiger partial charge in [0.2, 0.25) is 10.0 Å². The van der Waals surface area contributed by atoms with Crippen molar-refractivity contribution in [3.63, 3.8) is 0 Å². The molecular formula is C10H16N2O2S. The molecule has 0 aliphatic heterocycles. The average molecular weight is 228 g/mol. The van der Waals surface area contributed by atoms with Crippen LogP contribution in [0.25, 0.3) is 0 Å². The fraction of sp³-hybridized carbons (Fsp3) is 0.500. The van der Waals surface area contributed by atoms with E-state index in [0.29, 0.717) is 6.42 Å². The number of nitrogens with zero attached hydrogens (tertiary/aromatic N) is 1. The second kappa shape index (κ2) is 5.23. The summed E-state index contributed by atoms with van der Waals surface area (Å²) in [5, 5.41) is 0. The molecule has 15 heavy (non-hydrogen) atoms. The van der Waals surface area contributed by atoms with Gasteiger partial charge in [-0.25, -0.2) is 13.1 Å². The first-order valence-electron chi connectivity index (χ1n) is 4.96. The van der Waals surface area contributed by atoms with E-state index >= 15 is 0 Å². The number of hydrogen-bond donors (Lipinski definition) is 1. The van der Waals surface area contributed by atoms with E-state index in [2.05, 4.69) is 9.71 Å². The summed E-state index contributed by atoms with van der Waals surface area (Å²) in [5.41, 5.74) is 0.733. The molecule has 1 N–H and O–H groups in total. The van der Waals surface area contributed by atoms with Crippen LogP contribution in [0.2, 0.25) is 0 Å². The zero-order valence-electron chi connectivity index (χ0n) is 8.97. The van der Waals surface area contributed by atoms with E-state index in [9.17, 15) is 8.42 Å². The molecule has 5 heteroatoms. The third-order valence-electron chi connectivity index (χ3n) is 1.96. The molecule has 1 heterocycles. The fourth-order valence-corrected chi connectivity index (χ4v) is 2.60. The number of sulfonamides is 1. The lowest BCUT2D eigenvalue weighted by Crippen LogP contribution is -2.29. The third-order valence-corrected chi connectivity index (χ3v) is 3.62. The molecule has 0 fully saturated rings. The number of aromatic nitrogens is 1. The van der Waals surface area contributed by atoms with Gasteiger partial charge in [0.05, 0.1) is 17.5 Å². The Kier molecular flexibility index (Phi) is 4.23. The van der Waals surface area contributed by atoms with Gasteiger partial charge in [0.25, 0.3) is 0 Å². The Morgan fingerprint density at radius 3 is 2.73 bits per heavy atom. The second-order valence-corrected chi connectivity index (χ2v) is 5.29. The van der Waals surface area contributed by atoms with Crippen LogP contribution in [-0.4, -0.2) is 19.2 Å². The summed E-state index contributed by atoms with van der Waals surface area (Å²) in [7, 11) is -3.17. The van der Waals surface area contributed by atoms with E-state index < -0.39 is 10.0 Å². The highest BCUT2D eigenvalue weighted by Crippen LogP contribution is 2.09. The van der Waals surface area contributed by atoms with Crippen LogP contribution >= 0.6 is 0 Å². The molecule has 1 aromatic heterocycles. The SMILES string of the molecule is CCCS(=O)(=O)N[C@H](C)c1ccccn1. The Labute approximate surface area is 90.8 Å². The topological polar surface area (TPSA) is 59.1 Å². The monoisotopic (exact) mass is 228 g/mol. The fourth-order valence-electron chi connectivity index (χ4n) is 1.29. The molecular weight excluding hydrogens is 212 g/mol. The zero-order valence-corrected chi connectivity index (χ0v) is 9.79. The second-order valence-electron chi connectivity index (χ2n) is 3.41. The maximum atomic E-state index is 11.5. The average Bonchev–Trinajstić information content (AvgIpc) is 2.18. The Morgan fingerprint density at radius 1 is 1.47 bits per heavy atom. The minimum absolute atomic E-state index is 0.157. The lowest BCUT2D eigenvalue weighted by atomic mass is 10.2. The molecule has 1 aromatic rings. The van der Waals surface area contributed by atoms with Gasteiger partial charge < -0.3 is 0 Å². The summed E-state index contributed by atoms with van der Waals surface area (Å²) in [6, 6.07) is 5.17. The first-order valence-corrected chi connectivity index (χ1v) is 6.61. The van der Waals surface area contributed by atoms with Crippen LogP contribution < -0.4 is 4.72 Å². The van der Waals surface area contributed by atoms with Crippen LogP contribution in [0, 0.1) is 0 Å². The van der Waals surface area contributed by atoms with Gasteiger partial charge in [0, 0.05) is 6.20 Å². The van der Waals surface area contributed by atoms with E-state index in [4.69, 9.17) is 0 Å². The van der Waals surface area contributed by atoms with Crippen molar-refractivity contribution in [3.8, 4) is 0 Å². The maximum Gasteiger partial charge on any atom is 0.212 e. The highest BCUT2D eigenvalue weighted by Gasteiger charge is 2.14. The number of pyridine rings is 1. The Morgan fingerprint density at radius 2 is 2.20 bits per heavy atom. The van der Waals surface area contributed by atoms with Gasteiger partial charge in [-0.1, -0.05) is 13.0 Å². The first kappa shape index (κ1) is 12.1. The van der Waals surface area contributed by atoms with Gasteiger partial charge >= 0.3 is 0 Å². The Balaban J connectivity index is 2.68. The number of nitrogens with one attached hydrogen (secondary N) is 1. The summed E-state index contributed by atoms with van der Waals surface area (Å²) in [4.78, 5) is 4.10. The smallest absolute Gasteiger partial charge is 0.212 e. The molecule has 0 amide bonds. The molecule has 0 unspecified atom stereocenters. The lowest BCUT2D eigenvalue weighted by Gasteiger charge is -2.12. The molecule has 1 rings (SSSR count). The van der Waals surface area contributed by atoms with Crippen molar-refractivity contribution in [1.29, 1.82) is 0 Å². The molecule has 84 valence electrons. The lowest BCUT2D eigenvalue weighted by molar-refractivity contribution is 0.563. The predicted octanol–water partition coefficient (Wildman–Crippen LogP) is 1.47. The zero-order chi connectivity index (χ0) is 11.3. The van der Waals surface area contributed by atoms with Crippen molar-refractivity contribution >= 4 is 10.0 Å². The minimum atomic E-state index is -3.17. The van der Waals surface area contributed by atoms with E-state index in [1.807, 2.05) is 13.0 Å². The van der Waals surface area contributed by atoms with E-state index in [0.717, 1.165) is 5.69 Å². The van der Waals surface area contributed by atoms with Crippen LogP contribution in [0.1, 0.15) is 32.0 Å². The highest BCUT2D eigenvalue weighted by molar-refractivity contribution is 7.89. The van der Waals surface area contributed by atoms with Gasteiger partial charge in [-0.15, -0.1) is 0 Å². The van der Waals surface area contributed by atoms with Gasteiger partial charge in [0.15, 0.2) is 0 Å². The van der Waals surface area contributed by atoms with Crippen molar-refractivity contribution in [3.05, 3.63) is 30.1 Å². The van der Waals surface area contributed by atoms with Crippen LogP contribution in [0.4, 0.5) is 0 Å². The van der Waals surface area contributed by atoms with Gasteiger partial charge in [-0.3, -0.25) is 4.98 Å². The quantitative estimate of drug-likeness (QED) is 0.830. The minimum Gasteiger partial charge on any atom is -0.260 e.